The largest absolute Gasteiger partial charge is 0.335 e. The van der Waals surface area contributed by atoms with Crippen LogP contribution in [-0.2, 0) is 17.6 Å². The van der Waals surface area contributed by atoms with E-state index < -0.39 is 0 Å². The molecule has 0 spiro atoms. The summed E-state index contributed by atoms with van der Waals surface area (Å²) in [5.74, 6) is -0.214. The van der Waals surface area contributed by atoms with Gasteiger partial charge in [-0.1, -0.05) is 29.3 Å². The maximum absolute atomic E-state index is 13.1. The molecule has 6 nitrogen and oxygen atoms in total. The third-order valence-electron chi connectivity index (χ3n) is 6.35. The van der Waals surface area contributed by atoms with Crippen molar-refractivity contribution in [1.82, 2.24) is 9.80 Å². The summed E-state index contributed by atoms with van der Waals surface area (Å²) < 4.78 is 0.892. The molecule has 34 heavy (non-hydrogen) atoms. The first-order valence-electron chi connectivity index (χ1n) is 11.2. The zero-order valence-corrected chi connectivity index (χ0v) is 21.5. The lowest BCUT2D eigenvalue weighted by Gasteiger charge is -2.34. The van der Waals surface area contributed by atoms with Gasteiger partial charge in [0.15, 0.2) is 0 Å². The van der Waals surface area contributed by atoms with E-state index in [9.17, 15) is 14.9 Å². The van der Waals surface area contributed by atoms with Crippen LogP contribution in [0.25, 0.3) is 10.1 Å². The van der Waals surface area contributed by atoms with Gasteiger partial charge >= 0.3 is 0 Å². The maximum atomic E-state index is 13.1. The molecule has 1 aliphatic carbocycles. The van der Waals surface area contributed by atoms with Crippen molar-refractivity contribution < 1.29 is 9.59 Å². The minimum absolute atomic E-state index is 0.0887. The molecule has 1 N–H and O–H groups in total. The average Bonchev–Trinajstić information content (AvgIpc) is 3.35. The number of nitriles is 1. The molecule has 2 aliphatic rings. The zero-order chi connectivity index (χ0) is 23.8. The van der Waals surface area contributed by atoms with Gasteiger partial charge in [-0.3, -0.25) is 14.5 Å². The minimum atomic E-state index is -0.126. The minimum Gasteiger partial charge on any atom is -0.335 e. The number of benzene rings is 1. The molecule has 2 amide bonds. The Morgan fingerprint density at radius 3 is 2.62 bits per heavy atom. The van der Waals surface area contributed by atoms with Crippen molar-refractivity contribution in [1.29, 1.82) is 5.26 Å². The molecule has 0 bridgehead atoms. The van der Waals surface area contributed by atoms with E-state index >= 15 is 0 Å². The summed E-state index contributed by atoms with van der Waals surface area (Å²) in [6.45, 7) is 2.47. The summed E-state index contributed by atoms with van der Waals surface area (Å²) in [5, 5.41) is 15.1. The molecule has 0 saturated carbocycles. The van der Waals surface area contributed by atoms with Gasteiger partial charge in [0.25, 0.3) is 5.91 Å². The molecule has 5 rings (SSSR count). The molecule has 3 aromatic rings. The molecular weight excluding hydrogens is 511 g/mol. The van der Waals surface area contributed by atoms with Crippen molar-refractivity contribution in [2.24, 2.45) is 0 Å². The highest BCUT2D eigenvalue weighted by Gasteiger charge is 2.27. The van der Waals surface area contributed by atoms with Crippen molar-refractivity contribution in [2.45, 2.75) is 25.7 Å². The summed E-state index contributed by atoms with van der Waals surface area (Å²) in [5.41, 5.74) is 1.74. The van der Waals surface area contributed by atoms with E-state index in [0.717, 1.165) is 41.3 Å². The van der Waals surface area contributed by atoms with Crippen molar-refractivity contribution >= 4 is 72.8 Å². The predicted octanol–water partition coefficient (Wildman–Crippen LogP) is 5.42. The van der Waals surface area contributed by atoms with Crippen LogP contribution in [0.4, 0.5) is 5.00 Å². The summed E-state index contributed by atoms with van der Waals surface area (Å²) >= 11 is 15.5. The molecule has 1 fully saturated rings. The average molecular weight is 534 g/mol. The standard InChI is InChI=1S/C24H22Cl2N4O2S2/c25-14-5-6-16-19(11-14)33-22(21(16)26)24(32)30-9-7-29(8-10-30)13-20(31)28-23-17(12-27)15-3-1-2-4-18(15)34-23/h5-6,11H,1-4,7-10,13H2,(H,28,31). The zero-order valence-electron chi connectivity index (χ0n) is 18.3. The molecule has 2 aromatic heterocycles. The van der Waals surface area contributed by atoms with Gasteiger partial charge in [0, 0.05) is 46.2 Å². The van der Waals surface area contributed by atoms with Crippen LogP contribution < -0.4 is 5.32 Å². The Hall–Kier alpha value is -2.15. The normalized spacial score (nSPS) is 16.3. The van der Waals surface area contributed by atoms with Crippen LogP contribution in [0.1, 0.15) is 38.5 Å². The molecule has 1 aliphatic heterocycles. The SMILES string of the molecule is N#Cc1c(NC(=O)CN2CCN(C(=O)c3sc4cc(Cl)ccc4c3Cl)CC2)sc2c1CCCC2. The number of fused-ring (bicyclic) bond motifs is 2. The van der Waals surface area contributed by atoms with Crippen LogP contribution in [0.2, 0.25) is 10.0 Å². The third kappa shape index (κ3) is 4.56. The predicted molar refractivity (Wildman–Crippen MR) is 138 cm³/mol. The number of hydrogen-bond acceptors (Lipinski definition) is 6. The number of nitrogens with one attached hydrogen (secondary N) is 1. The van der Waals surface area contributed by atoms with Gasteiger partial charge in [-0.15, -0.1) is 22.7 Å². The number of halogens is 2. The highest BCUT2D eigenvalue weighted by atomic mass is 35.5. The molecule has 1 aromatic carbocycles. The van der Waals surface area contributed by atoms with Crippen LogP contribution >= 0.6 is 45.9 Å². The molecule has 0 radical (unpaired) electrons. The summed E-state index contributed by atoms with van der Waals surface area (Å²) in [7, 11) is 0. The van der Waals surface area contributed by atoms with Gasteiger partial charge in [0.1, 0.15) is 15.9 Å². The highest BCUT2D eigenvalue weighted by molar-refractivity contribution is 7.21. The number of anilines is 1. The molecule has 3 heterocycles. The van der Waals surface area contributed by atoms with Crippen LogP contribution in [-0.4, -0.2) is 54.3 Å². The summed E-state index contributed by atoms with van der Waals surface area (Å²) in [4.78, 5) is 31.4. The van der Waals surface area contributed by atoms with Gasteiger partial charge in [-0.25, -0.2) is 0 Å². The third-order valence-corrected chi connectivity index (χ3v) is 9.44. The topological polar surface area (TPSA) is 76.4 Å². The van der Waals surface area contributed by atoms with Crippen molar-refractivity contribution in [3.05, 3.63) is 49.1 Å². The monoisotopic (exact) mass is 532 g/mol. The molecule has 10 heteroatoms. The highest BCUT2D eigenvalue weighted by Crippen LogP contribution is 2.38. The van der Waals surface area contributed by atoms with Crippen molar-refractivity contribution in [2.75, 3.05) is 38.0 Å². The van der Waals surface area contributed by atoms with Gasteiger partial charge in [-0.2, -0.15) is 5.26 Å². The molecule has 176 valence electrons. The van der Waals surface area contributed by atoms with Crippen LogP contribution in [0.5, 0.6) is 0 Å². The van der Waals surface area contributed by atoms with E-state index in [1.54, 1.807) is 11.0 Å². The number of amides is 2. The van der Waals surface area contributed by atoms with E-state index in [4.69, 9.17) is 23.2 Å². The van der Waals surface area contributed by atoms with Crippen molar-refractivity contribution in [3.63, 3.8) is 0 Å². The number of thiophene rings is 2. The van der Waals surface area contributed by atoms with E-state index in [1.807, 2.05) is 17.0 Å². The number of hydrogen-bond donors (Lipinski definition) is 1. The van der Waals surface area contributed by atoms with Crippen LogP contribution in [0.15, 0.2) is 18.2 Å². The molecule has 0 unspecified atom stereocenters. The lowest BCUT2D eigenvalue weighted by atomic mass is 9.96. The fourth-order valence-electron chi connectivity index (χ4n) is 4.57. The Morgan fingerprint density at radius 1 is 1.09 bits per heavy atom. The Morgan fingerprint density at radius 2 is 1.85 bits per heavy atom. The van der Waals surface area contributed by atoms with Crippen molar-refractivity contribution in [3.8, 4) is 6.07 Å². The molecule has 1 saturated heterocycles. The van der Waals surface area contributed by atoms with E-state index in [2.05, 4.69) is 11.4 Å². The van der Waals surface area contributed by atoms with E-state index in [1.165, 1.54) is 27.6 Å². The lowest BCUT2D eigenvalue weighted by molar-refractivity contribution is -0.117. The van der Waals surface area contributed by atoms with E-state index in [-0.39, 0.29) is 18.4 Å². The second-order valence-corrected chi connectivity index (χ2v) is 11.5. The summed E-state index contributed by atoms with van der Waals surface area (Å²) in [6, 6.07) is 7.71. The van der Waals surface area contributed by atoms with Gasteiger partial charge in [0.2, 0.25) is 5.91 Å². The second-order valence-electron chi connectivity index (χ2n) is 8.53. The number of nitrogens with zero attached hydrogens (tertiary/aromatic N) is 3. The van der Waals surface area contributed by atoms with Crippen LogP contribution in [0, 0.1) is 11.3 Å². The number of piperazine rings is 1. The van der Waals surface area contributed by atoms with Gasteiger partial charge < -0.3 is 10.2 Å². The lowest BCUT2D eigenvalue weighted by Crippen LogP contribution is -2.50. The summed E-state index contributed by atoms with van der Waals surface area (Å²) in [6.07, 6.45) is 4.12. The fraction of sp³-hybridized carbons (Fsp3) is 0.375. The number of aryl methyl sites for hydroxylation is 1. The second kappa shape index (κ2) is 9.84. The first-order valence-corrected chi connectivity index (χ1v) is 13.6. The Kier molecular flexibility index (Phi) is 6.83. The Bertz CT molecular complexity index is 1320. The maximum Gasteiger partial charge on any atom is 0.265 e. The first-order chi connectivity index (χ1) is 16.4. The fourth-order valence-corrected chi connectivity index (χ4v) is 7.58. The smallest absolute Gasteiger partial charge is 0.265 e. The number of carbonyl (C=O) groups is 2. The van der Waals surface area contributed by atoms with Gasteiger partial charge in [-0.05, 0) is 43.4 Å². The Labute approximate surface area is 215 Å². The van der Waals surface area contributed by atoms with Crippen LogP contribution in [0.3, 0.4) is 0 Å². The number of carbonyl (C=O) groups excluding carboxylic acids is 2. The molecule has 0 atom stereocenters. The van der Waals surface area contributed by atoms with E-state index in [0.29, 0.717) is 51.7 Å². The number of rotatable bonds is 4. The van der Waals surface area contributed by atoms with Gasteiger partial charge in [0.05, 0.1) is 17.1 Å². The quantitative estimate of drug-likeness (QED) is 0.486. The molecular formula is C24H22Cl2N4O2S2. The first kappa shape index (κ1) is 23.6. The Balaban J connectivity index is 1.19.